The molecule has 3 unspecified atom stereocenters. The predicted molar refractivity (Wildman–Crippen MR) is 119 cm³/mol. The zero-order valence-electron chi connectivity index (χ0n) is 18.5. The van der Waals surface area contributed by atoms with Crippen LogP contribution in [0.15, 0.2) is 36.5 Å². The van der Waals surface area contributed by atoms with Crippen LogP contribution in [-0.2, 0) is 9.59 Å². The van der Waals surface area contributed by atoms with E-state index in [-0.39, 0.29) is 29.8 Å². The Labute approximate surface area is 183 Å². The van der Waals surface area contributed by atoms with Crippen molar-refractivity contribution in [3.05, 3.63) is 42.2 Å². The zero-order chi connectivity index (χ0) is 22.2. The summed E-state index contributed by atoms with van der Waals surface area (Å²) in [6, 6.07) is 9.55. The van der Waals surface area contributed by atoms with E-state index in [4.69, 9.17) is 0 Å². The Morgan fingerprint density at radius 1 is 1.23 bits per heavy atom. The molecule has 0 aliphatic carbocycles. The minimum Gasteiger partial charge on any atom is -0.354 e. The second-order valence-electron chi connectivity index (χ2n) is 8.22. The minimum atomic E-state index is -0.110. The van der Waals surface area contributed by atoms with Crippen LogP contribution in [0.2, 0.25) is 0 Å². The molecule has 2 amide bonds. The topological polar surface area (TPSA) is 104 Å². The molecule has 0 radical (unpaired) electrons. The van der Waals surface area contributed by atoms with Crippen molar-refractivity contribution in [1.82, 2.24) is 30.5 Å². The summed E-state index contributed by atoms with van der Waals surface area (Å²) in [5.74, 6) is -0.135. The van der Waals surface area contributed by atoms with E-state index < -0.39 is 0 Å². The van der Waals surface area contributed by atoms with Crippen molar-refractivity contribution in [2.45, 2.75) is 38.8 Å². The fourth-order valence-corrected chi connectivity index (χ4v) is 3.68. The van der Waals surface area contributed by atoms with Crippen LogP contribution in [0.3, 0.4) is 0 Å². The van der Waals surface area contributed by atoms with E-state index in [0.29, 0.717) is 19.6 Å². The van der Waals surface area contributed by atoms with Crippen molar-refractivity contribution in [2.75, 3.05) is 38.5 Å². The highest BCUT2D eigenvalue weighted by Gasteiger charge is 2.27. The molecule has 1 saturated heterocycles. The highest BCUT2D eigenvalue weighted by atomic mass is 16.2. The number of para-hydroxylation sites is 1. The third-order valence-corrected chi connectivity index (χ3v) is 5.73. The van der Waals surface area contributed by atoms with Gasteiger partial charge in [-0.05, 0) is 52.4 Å². The number of benzene rings is 1. The van der Waals surface area contributed by atoms with Crippen LogP contribution >= 0.6 is 0 Å². The first kappa shape index (κ1) is 22.9. The molecular formula is C22H33N7O2. The molecule has 3 atom stereocenters. The van der Waals surface area contributed by atoms with E-state index in [2.05, 4.69) is 31.2 Å². The molecule has 0 spiro atoms. The Morgan fingerprint density at radius 3 is 2.74 bits per heavy atom. The van der Waals surface area contributed by atoms with Crippen molar-refractivity contribution in [2.24, 2.45) is 5.92 Å². The Morgan fingerprint density at radius 2 is 2.00 bits per heavy atom. The number of rotatable bonds is 9. The first-order valence-corrected chi connectivity index (χ1v) is 10.9. The summed E-state index contributed by atoms with van der Waals surface area (Å²) < 4.78 is 1.78. The summed E-state index contributed by atoms with van der Waals surface area (Å²) in [7, 11) is 1.88. The number of carbonyl (C=O) groups excluding carboxylic acids is 2. The molecule has 2 aromatic rings. The van der Waals surface area contributed by atoms with E-state index in [1.165, 1.54) is 0 Å². The van der Waals surface area contributed by atoms with Gasteiger partial charge < -0.3 is 16.0 Å². The van der Waals surface area contributed by atoms with E-state index in [9.17, 15) is 9.59 Å². The van der Waals surface area contributed by atoms with Crippen LogP contribution in [0, 0.1) is 5.92 Å². The molecule has 1 aliphatic rings. The number of nitrogens with zero attached hydrogens (tertiary/aromatic N) is 4. The summed E-state index contributed by atoms with van der Waals surface area (Å²) in [5.41, 5.74) is 1.66. The number of hydrogen-bond acceptors (Lipinski definition) is 6. The summed E-state index contributed by atoms with van der Waals surface area (Å²) in [6.45, 7) is 6.23. The minimum absolute atomic E-state index is 0.00519. The molecule has 9 heteroatoms. The lowest BCUT2D eigenvalue weighted by molar-refractivity contribution is -0.128. The van der Waals surface area contributed by atoms with Crippen molar-refractivity contribution in [3.63, 3.8) is 0 Å². The first-order valence-electron chi connectivity index (χ1n) is 10.9. The molecule has 9 nitrogen and oxygen atoms in total. The summed E-state index contributed by atoms with van der Waals surface area (Å²) in [5, 5.41) is 17.5. The fourth-order valence-electron chi connectivity index (χ4n) is 3.68. The third kappa shape index (κ3) is 6.60. The SMILES string of the molecule is CNC(C)c1cn(C(C)CNC(=O)C2CCCN(CC(=O)Nc3ccccc3)C2)nn1. The first-order chi connectivity index (χ1) is 15.0. The molecule has 3 rings (SSSR count). The number of amides is 2. The fraction of sp³-hybridized carbons (Fsp3) is 0.545. The molecule has 0 saturated carbocycles. The summed E-state index contributed by atoms with van der Waals surface area (Å²) >= 11 is 0. The van der Waals surface area contributed by atoms with Gasteiger partial charge in [-0.3, -0.25) is 14.5 Å². The van der Waals surface area contributed by atoms with Gasteiger partial charge in [0, 0.05) is 24.8 Å². The second-order valence-corrected chi connectivity index (χ2v) is 8.22. The van der Waals surface area contributed by atoms with Crippen molar-refractivity contribution in [3.8, 4) is 0 Å². The summed E-state index contributed by atoms with van der Waals surface area (Å²) in [6.07, 6.45) is 3.65. The molecular weight excluding hydrogens is 394 g/mol. The molecule has 3 N–H and O–H groups in total. The van der Waals surface area contributed by atoms with Gasteiger partial charge in [0.2, 0.25) is 11.8 Å². The van der Waals surface area contributed by atoms with Crippen molar-refractivity contribution in [1.29, 1.82) is 0 Å². The van der Waals surface area contributed by atoms with Gasteiger partial charge >= 0.3 is 0 Å². The van der Waals surface area contributed by atoms with Crippen LogP contribution in [0.4, 0.5) is 5.69 Å². The van der Waals surface area contributed by atoms with Crippen LogP contribution in [-0.4, -0.2) is 64.9 Å². The molecule has 31 heavy (non-hydrogen) atoms. The van der Waals surface area contributed by atoms with Gasteiger partial charge in [0.05, 0.1) is 30.4 Å². The number of anilines is 1. The Balaban J connectivity index is 1.44. The highest BCUT2D eigenvalue weighted by Crippen LogP contribution is 2.17. The quantitative estimate of drug-likeness (QED) is 0.561. The van der Waals surface area contributed by atoms with Gasteiger partial charge in [0.25, 0.3) is 0 Å². The molecule has 168 valence electrons. The maximum atomic E-state index is 12.7. The van der Waals surface area contributed by atoms with Crippen LogP contribution < -0.4 is 16.0 Å². The molecule has 1 aliphatic heterocycles. The number of nitrogens with one attached hydrogen (secondary N) is 3. The van der Waals surface area contributed by atoms with E-state index >= 15 is 0 Å². The summed E-state index contributed by atoms with van der Waals surface area (Å²) in [4.78, 5) is 27.1. The number of hydrogen-bond donors (Lipinski definition) is 3. The van der Waals surface area contributed by atoms with E-state index in [0.717, 1.165) is 30.8 Å². The molecule has 2 heterocycles. The normalized spacial score (nSPS) is 18.9. The van der Waals surface area contributed by atoms with Crippen LogP contribution in [0.1, 0.15) is 44.5 Å². The molecule has 0 bridgehead atoms. The number of likely N-dealkylation sites (tertiary alicyclic amines) is 1. The maximum Gasteiger partial charge on any atom is 0.238 e. The lowest BCUT2D eigenvalue weighted by Crippen LogP contribution is -2.46. The van der Waals surface area contributed by atoms with Gasteiger partial charge in [-0.25, -0.2) is 4.68 Å². The molecule has 1 aromatic heterocycles. The van der Waals surface area contributed by atoms with Crippen LogP contribution in [0.5, 0.6) is 0 Å². The van der Waals surface area contributed by atoms with Gasteiger partial charge in [-0.1, -0.05) is 23.4 Å². The Bertz CT molecular complexity index is 855. The van der Waals surface area contributed by atoms with Gasteiger partial charge in [0.15, 0.2) is 0 Å². The van der Waals surface area contributed by atoms with Gasteiger partial charge in [-0.2, -0.15) is 0 Å². The van der Waals surface area contributed by atoms with Gasteiger partial charge in [-0.15, -0.1) is 5.10 Å². The maximum absolute atomic E-state index is 12.7. The van der Waals surface area contributed by atoms with Gasteiger partial charge in [0.1, 0.15) is 0 Å². The second kappa shape index (κ2) is 11.0. The highest BCUT2D eigenvalue weighted by molar-refractivity contribution is 5.92. The zero-order valence-corrected chi connectivity index (χ0v) is 18.5. The Hall–Kier alpha value is -2.78. The lowest BCUT2D eigenvalue weighted by Gasteiger charge is -2.31. The Kier molecular flexibility index (Phi) is 8.13. The lowest BCUT2D eigenvalue weighted by atomic mass is 9.97. The predicted octanol–water partition coefficient (Wildman–Crippen LogP) is 1.59. The number of carbonyl (C=O) groups is 2. The average Bonchev–Trinajstić information content (AvgIpc) is 3.28. The number of piperidine rings is 1. The van der Waals surface area contributed by atoms with Crippen molar-refractivity contribution >= 4 is 17.5 Å². The monoisotopic (exact) mass is 427 g/mol. The van der Waals surface area contributed by atoms with Crippen molar-refractivity contribution < 1.29 is 9.59 Å². The van der Waals surface area contributed by atoms with E-state index in [1.54, 1.807) is 4.68 Å². The smallest absolute Gasteiger partial charge is 0.238 e. The van der Waals surface area contributed by atoms with Crippen LogP contribution in [0.25, 0.3) is 0 Å². The molecule has 1 fully saturated rings. The number of aromatic nitrogens is 3. The standard InChI is InChI=1S/C22H33N7O2/c1-16(29-14-20(26-27-29)17(2)23-3)12-24-22(31)18-8-7-11-28(13-18)15-21(30)25-19-9-5-4-6-10-19/h4-6,9-10,14,16-18,23H,7-8,11-13,15H2,1-3H3,(H,24,31)(H,25,30). The largest absolute Gasteiger partial charge is 0.354 e. The molecule has 1 aromatic carbocycles. The average molecular weight is 428 g/mol. The third-order valence-electron chi connectivity index (χ3n) is 5.73. The van der Waals surface area contributed by atoms with E-state index in [1.807, 2.05) is 57.4 Å².